The summed E-state index contributed by atoms with van der Waals surface area (Å²) in [6, 6.07) is 11.6. The summed E-state index contributed by atoms with van der Waals surface area (Å²) < 4.78 is 49.1. The van der Waals surface area contributed by atoms with Crippen molar-refractivity contribution in [3.8, 4) is 11.5 Å². The summed E-state index contributed by atoms with van der Waals surface area (Å²) in [7, 11) is -5.31. The van der Waals surface area contributed by atoms with E-state index in [1.54, 1.807) is 13.8 Å². The molecule has 3 aromatic rings. The van der Waals surface area contributed by atoms with Gasteiger partial charge in [0.2, 0.25) is 5.78 Å². The Morgan fingerprint density at radius 3 is 2.18 bits per heavy atom. The van der Waals surface area contributed by atoms with Crippen LogP contribution in [-0.4, -0.2) is 73.3 Å². The molecule has 3 aliphatic rings. The molecule has 0 saturated heterocycles. The van der Waals surface area contributed by atoms with Gasteiger partial charge in [-0.25, -0.2) is 8.42 Å². The normalized spacial score (nSPS) is 16.0. The zero-order chi connectivity index (χ0) is 41.6. The average Bonchev–Trinajstić information content (AvgIpc) is 3.71. The molecule has 1 aliphatic heterocycles. The Morgan fingerprint density at radius 1 is 0.867 bits per heavy atom. The summed E-state index contributed by atoms with van der Waals surface area (Å²) in [6.45, 7) is 3.65. The van der Waals surface area contributed by atoms with Gasteiger partial charge in [0.05, 0.1) is 52.5 Å². The Hall–Kier alpha value is -5.85. The van der Waals surface area contributed by atoms with E-state index in [1.807, 2.05) is 0 Å². The minimum absolute atomic E-state index is 0. The number of fused-ring (bicyclic) bond motifs is 1. The number of azo groups is 1. The number of rotatable bonds is 14. The molecule has 0 fully saturated rings. The molecule has 0 unspecified atom stereocenters. The summed E-state index contributed by atoms with van der Waals surface area (Å²) in [6.07, 6.45) is 5.54. The zero-order valence-electron chi connectivity index (χ0n) is 32.2. The SMILES string of the molecule is CCOc1cc(NC(=O)c2ccc(NN=C3C=CC(=O)C(C(=O)[O-])=C3)cc2)c(OCC)cc1NN=C1C(=O)c2ccc(N)c(NN=C3N=CN=N3)c2C=C1S(=O)(=O)[O-].[Na+].[Na+]. The Morgan fingerprint density at radius 2 is 1.55 bits per heavy atom. The van der Waals surface area contributed by atoms with Gasteiger partial charge in [0, 0.05) is 34.4 Å². The number of allylic oxidation sites excluding steroid dienone is 4. The van der Waals surface area contributed by atoms with Crippen LogP contribution in [0.15, 0.2) is 108 Å². The smallest absolute Gasteiger partial charge is 0.744 e. The number of aliphatic imine (C=N–C) groups is 1. The first-order valence-corrected chi connectivity index (χ1v) is 18.3. The molecule has 0 radical (unpaired) electrons. The summed E-state index contributed by atoms with van der Waals surface area (Å²) in [5.74, 6) is -3.67. The molecule has 3 aromatic carbocycles. The van der Waals surface area contributed by atoms with Gasteiger partial charge in [-0.1, -0.05) is 0 Å². The molecule has 6 rings (SSSR count). The number of carbonyl (C=O) groups is 4. The number of nitrogens with one attached hydrogen (secondary N) is 4. The third-order valence-corrected chi connectivity index (χ3v) is 8.87. The minimum atomic E-state index is -5.31. The van der Waals surface area contributed by atoms with Crippen LogP contribution in [0.4, 0.5) is 28.4 Å². The standard InChI is InChI=1S/C36H31N11O10S.2Na/c1-3-56-28-16-26(43-45-32-30(58(53,54)55)14-22-21(33(32)49)10-11-24(37)31(22)44-47-36-38-17-39-46-36)29(57-4-2)15-25(28)40-34(50)18-5-7-19(8-6-18)41-42-20-9-12-27(48)23(13-20)35(51)52;;/h5-17,41,43-44H,3-4,37H2,1-2H3,(H,40,50)(H,51,52)(H,53,54,55);;/q;2*+1/p-2. The van der Waals surface area contributed by atoms with E-state index >= 15 is 0 Å². The van der Waals surface area contributed by atoms with Crippen molar-refractivity contribution in [1.82, 2.24) is 0 Å². The molecule has 1 amide bonds. The van der Waals surface area contributed by atoms with Crippen LogP contribution in [-0.2, 0) is 19.7 Å². The van der Waals surface area contributed by atoms with Gasteiger partial charge in [0.25, 0.3) is 11.9 Å². The van der Waals surface area contributed by atoms with Crippen molar-refractivity contribution >= 4 is 91.8 Å². The van der Waals surface area contributed by atoms with Crippen LogP contribution in [0.3, 0.4) is 0 Å². The van der Waals surface area contributed by atoms with Crippen molar-refractivity contribution in [2.24, 2.45) is 30.5 Å². The quantitative estimate of drug-likeness (QED) is 0.0264. The van der Waals surface area contributed by atoms with E-state index in [2.05, 4.69) is 52.1 Å². The molecule has 0 spiro atoms. The second-order valence-corrected chi connectivity index (χ2v) is 13.1. The summed E-state index contributed by atoms with van der Waals surface area (Å²) in [5.41, 5.74) is 13.8. The molecular weight excluding hydrogens is 825 g/mol. The molecule has 0 aromatic heterocycles. The number of guanidine groups is 1. The molecule has 0 atom stereocenters. The van der Waals surface area contributed by atoms with E-state index in [0.717, 1.165) is 24.6 Å². The predicted molar refractivity (Wildman–Crippen MR) is 210 cm³/mol. The molecule has 0 saturated carbocycles. The number of carboxylic acids is 1. The number of hydrazone groups is 3. The van der Waals surface area contributed by atoms with Crippen LogP contribution in [0.5, 0.6) is 11.5 Å². The maximum Gasteiger partial charge on any atom is 1.00 e. The summed E-state index contributed by atoms with van der Waals surface area (Å²) >= 11 is 0. The number of Topliss-reactive ketones (excluding diaryl/α,β-unsaturated/α-hetero) is 1. The van der Waals surface area contributed by atoms with Gasteiger partial charge in [0.15, 0.2) is 5.78 Å². The number of hydrogen-bond donors (Lipinski definition) is 5. The first-order valence-electron chi connectivity index (χ1n) is 16.9. The maximum atomic E-state index is 13.8. The van der Waals surface area contributed by atoms with Crippen LogP contribution >= 0.6 is 0 Å². The number of ether oxygens (including phenoxy) is 2. The topological polar surface area (TPSA) is 315 Å². The summed E-state index contributed by atoms with van der Waals surface area (Å²) in [5, 5.41) is 33.1. The summed E-state index contributed by atoms with van der Waals surface area (Å²) in [4.78, 5) is 52.8. The fourth-order valence-electron chi connectivity index (χ4n) is 5.36. The molecule has 296 valence electrons. The Labute approximate surface area is 385 Å². The largest absolute Gasteiger partial charge is 1.00 e. The van der Waals surface area contributed by atoms with E-state index < -0.39 is 49.8 Å². The van der Waals surface area contributed by atoms with Gasteiger partial charge in [-0.15, -0.1) is 15.3 Å². The molecule has 6 N–H and O–H groups in total. The minimum Gasteiger partial charge on any atom is -0.744 e. The van der Waals surface area contributed by atoms with Gasteiger partial charge in [0.1, 0.15) is 39.4 Å². The molecular formula is C36H29N11Na2O10S. The second-order valence-electron chi connectivity index (χ2n) is 11.8. The van der Waals surface area contributed by atoms with E-state index in [0.29, 0.717) is 5.69 Å². The van der Waals surface area contributed by atoms with E-state index in [1.165, 1.54) is 54.6 Å². The number of aliphatic carboxylic acids is 1. The van der Waals surface area contributed by atoms with Crippen molar-refractivity contribution in [1.29, 1.82) is 0 Å². The van der Waals surface area contributed by atoms with Gasteiger partial charge >= 0.3 is 59.1 Å². The molecule has 24 heteroatoms. The number of hydrogen-bond acceptors (Lipinski definition) is 18. The zero-order valence-corrected chi connectivity index (χ0v) is 37.0. The average molecular weight is 854 g/mol. The fourth-order valence-corrected chi connectivity index (χ4v) is 6.00. The number of carboxylic acid groups (broad SMARTS) is 1. The number of nitrogens with zero attached hydrogens (tertiary/aromatic N) is 6. The van der Waals surface area contributed by atoms with Crippen molar-refractivity contribution in [2.75, 3.05) is 40.5 Å². The first kappa shape index (κ1) is 46.8. The number of carbonyl (C=O) groups excluding carboxylic acids is 4. The van der Waals surface area contributed by atoms with Crippen LogP contribution in [0, 0.1) is 0 Å². The second kappa shape index (κ2) is 20.4. The van der Waals surface area contributed by atoms with Crippen molar-refractivity contribution in [3.05, 3.63) is 93.9 Å². The molecule has 0 bridgehead atoms. The third-order valence-electron chi connectivity index (χ3n) is 8.02. The Bertz CT molecular complexity index is 2610. The number of nitrogen functional groups attached to an aromatic ring is 1. The van der Waals surface area contributed by atoms with Crippen LogP contribution in [0.2, 0.25) is 0 Å². The Balaban J connectivity index is 0.00000397. The van der Waals surface area contributed by atoms with Crippen LogP contribution in [0.25, 0.3) is 6.08 Å². The predicted octanol–water partition coefficient (Wildman–Crippen LogP) is -3.36. The first-order chi connectivity index (χ1) is 27.8. The van der Waals surface area contributed by atoms with E-state index in [9.17, 15) is 37.3 Å². The fraction of sp³-hybridized carbons (Fsp3) is 0.111. The van der Waals surface area contributed by atoms with Crippen molar-refractivity contribution < 1.29 is 106 Å². The number of ketones is 2. The van der Waals surface area contributed by atoms with Crippen molar-refractivity contribution in [3.63, 3.8) is 0 Å². The van der Waals surface area contributed by atoms with E-state index in [4.69, 9.17) is 15.2 Å². The Kier molecular flexibility index (Phi) is 15.9. The van der Waals surface area contributed by atoms with Gasteiger partial charge in [-0.3, -0.25) is 30.7 Å². The van der Waals surface area contributed by atoms with Crippen LogP contribution < -0.4 is 101 Å². The molecule has 60 heavy (non-hydrogen) atoms. The van der Waals surface area contributed by atoms with Crippen molar-refractivity contribution in [2.45, 2.75) is 13.8 Å². The maximum absolute atomic E-state index is 13.8. The van der Waals surface area contributed by atoms with Crippen LogP contribution in [0.1, 0.15) is 40.1 Å². The number of amides is 1. The number of nitrogens with two attached hydrogens (primary N) is 1. The number of benzene rings is 3. The van der Waals surface area contributed by atoms with Gasteiger partial charge in [-0.05, 0) is 74.5 Å². The van der Waals surface area contributed by atoms with E-state index in [-0.39, 0.29) is 135 Å². The molecule has 21 nitrogen and oxygen atoms in total. The third kappa shape index (κ3) is 10.8. The molecule has 1 heterocycles. The number of anilines is 5. The van der Waals surface area contributed by atoms with Gasteiger partial charge in [-0.2, -0.15) is 15.2 Å². The molecule has 2 aliphatic carbocycles. The van der Waals surface area contributed by atoms with Gasteiger partial charge < -0.3 is 35.0 Å². The monoisotopic (exact) mass is 853 g/mol.